The molecule has 0 radical (unpaired) electrons. The normalized spacial score (nSPS) is 15.6. The van der Waals surface area contributed by atoms with Gasteiger partial charge in [-0.2, -0.15) is 0 Å². The molecular formula is C55H46N2. The van der Waals surface area contributed by atoms with Crippen LogP contribution in [0, 0.1) is 5.41 Å². The van der Waals surface area contributed by atoms with Crippen molar-refractivity contribution in [2.75, 3.05) is 0 Å². The van der Waals surface area contributed by atoms with Gasteiger partial charge < -0.3 is 9.13 Å². The summed E-state index contributed by atoms with van der Waals surface area (Å²) < 4.78 is 4.94. The van der Waals surface area contributed by atoms with Crippen molar-refractivity contribution in [3.8, 4) is 33.6 Å². The molecule has 57 heavy (non-hydrogen) atoms. The van der Waals surface area contributed by atoms with Crippen LogP contribution in [-0.2, 0) is 10.8 Å². The number of nitrogens with zero attached hydrogens (tertiary/aromatic N) is 2. The minimum atomic E-state index is -0.0344. The highest BCUT2D eigenvalue weighted by Crippen LogP contribution is 2.63. The third-order valence-corrected chi connectivity index (χ3v) is 14.6. The number of aromatic nitrogens is 2. The fourth-order valence-corrected chi connectivity index (χ4v) is 10.4. The van der Waals surface area contributed by atoms with E-state index in [1.54, 1.807) is 0 Å². The van der Waals surface area contributed by atoms with Gasteiger partial charge in [-0.3, -0.25) is 0 Å². The molecule has 2 aromatic heterocycles. The highest BCUT2D eigenvalue weighted by atomic mass is 15.0. The Bertz CT molecular complexity index is 3240. The van der Waals surface area contributed by atoms with Crippen molar-refractivity contribution in [3.63, 3.8) is 0 Å². The van der Waals surface area contributed by atoms with Crippen LogP contribution in [-0.4, -0.2) is 9.13 Å². The van der Waals surface area contributed by atoms with Crippen LogP contribution in [0.25, 0.3) is 88.0 Å². The third-order valence-electron chi connectivity index (χ3n) is 14.6. The van der Waals surface area contributed by atoms with Crippen LogP contribution >= 0.6 is 0 Å². The summed E-state index contributed by atoms with van der Waals surface area (Å²) in [5, 5.41) is 7.70. The van der Waals surface area contributed by atoms with E-state index in [-0.39, 0.29) is 16.2 Å². The van der Waals surface area contributed by atoms with Gasteiger partial charge in [-0.15, -0.1) is 0 Å². The average Bonchev–Trinajstić information content (AvgIpc) is 3.79. The highest BCUT2D eigenvalue weighted by Gasteiger charge is 2.57. The van der Waals surface area contributed by atoms with Crippen molar-refractivity contribution in [3.05, 3.63) is 181 Å². The maximum absolute atomic E-state index is 2.56. The maximum Gasteiger partial charge on any atom is 0.0547 e. The largest absolute Gasteiger partial charge is 0.309 e. The summed E-state index contributed by atoms with van der Waals surface area (Å²) in [4.78, 5) is 0. The highest BCUT2D eigenvalue weighted by molar-refractivity contribution is 6.22. The Morgan fingerprint density at radius 2 is 0.930 bits per heavy atom. The summed E-state index contributed by atoms with van der Waals surface area (Å²) in [5.41, 5.74) is 15.3. The smallest absolute Gasteiger partial charge is 0.0547 e. The van der Waals surface area contributed by atoms with Gasteiger partial charge in [0.15, 0.2) is 0 Å². The Kier molecular flexibility index (Phi) is 7.03. The molecule has 0 fully saturated rings. The minimum absolute atomic E-state index is 0.0272. The van der Waals surface area contributed by atoms with Gasteiger partial charge in [-0.05, 0) is 115 Å². The standard InChI is InChI=1S/C55H46N2/c1-53(2)45-20-14-22-50(52(45)54(3,4)55(53,5)6)57-48-31-29-39(34-44(48)51-41-18-11-10-15-37(41)27-32-49(51)57)36-25-23-35(24-26-36)38-28-30-47-43(33-38)42-19-12-13-21-46(42)56(47)40-16-8-7-9-17-40/h7-34H,1-6H3. The fourth-order valence-electron chi connectivity index (χ4n) is 10.4. The number of fused-ring (bicyclic) bond motifs is 9. The molecule has 11 rings (SSSR count). The van der Waals surface area contributed by atoms with Crippen molar-refractivity contribution < 1.29 is 0 Å². The van der Waals surface area contributed by atoms with Gasteiger partial charge in [0, 0.05) is 27.2 Å². The van der Waals surface area contributed by atoms with E-state index in [1.807, 2.05) is 0 Å². The molecule has 0 N–H and O–H groups in total. The van der Waals surface area contributed by atoms with Gasteiger partial charge in [0.1, 0.15) is 0 Å². The zero-order valence-corrected chi connectivity index (χ0v) is 33.6. The molecule has 0 unspecified atom stereocenters. The van der Waals surface area contributed by atoms with Crippen molar-refractivity contribution >= 4 is 54.4 Å². The minimum Gasteiger partial charge on any atom is -0.309 e. The second-order valence-electron chi connectivity index (χ2n) is 17.8. The zero-order chi connectivity index (χ0) is 38.8. The summed E-state index contributed by atoms with van der Waals surface area (Å²) in [6, 6.07) is 63.1. The molecule has 2 nitrogen and oxygen atoms in total. The molecule has 0 saturated heterocycles. The molecule has 10 aromatic rings. The third kappa shape index (κ3) is 4.59. The molecule has 276 valence electrons. The van der Waals surface area contributed by atoms with Gasteiger partial charge in [0.25, 0.3) is 0 Å². The molecule has 0 bridgehead atoms. The molecule has 8 aromatic carbocycles. The van der Waals surface area contributed by atoms with E-state index in [0.29, 0.717) is 0 Å². The number of hydrogen-bond acceptors (Lipinski definition) is 0. The molecule has 2 heteroatoms. The lowest BCUT2D eigenvalue weighted by Gasteiger charge is -2.44. The van der Waals surface area contributed by atoms with Crippen molar-refractivity contribution in [2.24, 2.45) is 5.41 Å². The Morgan fingerprint density at radius 1 is 0.368 bits per heavy atom. The van der Waals surface area contributed by atoms with E-state index in [4.69, 9.17) is 0 Å². The fraction of sp³-hybridized carbons (Fsp3) is 0.164. The molecule has 0 aliphatic heterocycles. The number of rotatable bonds is 4. The lowest BCUT2D eigenvalue weighted by molar-refractivity contribution is 0.125. The van der Waals surface area contributed by atoms with Gasteiger partial charge >= 0.3 is 0 Å². The van der Waals surface area contributed by atoms with Gasteiger partial charge in [0.05, 0.1) is 27.8 Å². The van der Waals surface area contributed by atoms with Crippen LogP contribution in [0.4, 0.5) is 0 Å². The van der Waals surface area contributed by atoms with Crippen molar-refractivity contribution in [2.45, 2.75) is 52.4 Å². The Balaban J connectivity index is 1.06. The number of para-hydroxylation sites is 2. The average molecular weight is 735 g/mol. The second-order valence-corrected chi connectivity index (χ2v) is 17.8. The molecule has 0 saturated carbocycles. The van der Waals surface area contributed by atoms with Crippen LogP contribution in [0.3, 0.4) is 0 Å². The lowest BCUT2D eigenvalue weighted by atomic mass is 9.59. The number of benzene rings is 8. The Morgan fingerprint density at radius 3 is 1.65 bits per heavy atom. The molecule has 0 atom stereocenters. The first-order chi connectivity index (χ1) is 27.6. The monoisotopic (exact) mass is 734 g/mol. The Labute approximate surface area is 334 Å². The first-order valence-corrected chi connectivity index (χ1v) is 20.4. The topological polar surface area (TPSA) is 9.86 Å². The summed E-state index contributed by atoms with van der Waals surface area (Å²) in [6.07, 6.45) is 0. The maximum atomic E-state index is 2.56. The van der Waals surface area contributed by atoms with Crippen LogP contribution in [0.15, 0.2) is 170 Å². The van der Waals surface area contributed by atoms with Crippen LogP contribution in [0.1, 0.15) is 52.7 Å². The summed E-state index contributed by atoms with van der Waals surface area (Å²) in [7, 11) is 0. The van der Waals surface area contributed by atoms with E-state index in [0.717, 1.165) is 0 Å². The second kappa shape index (κ2) is 11.8. The van der Waals surface area contributed by atoms with Crippen LogP contribution in [0.2, 0.25) is 0 Å². The van der Waals surface area contributed by atoms with E-state index >= 15 is 0 Å². The van der Waals surface area contributed by atoms with E-state index < -0.39 is 0 Å². The lowest BCUT2D eigenvalue weighted by Crippen LogP contribution is -2.42. The predicted molar refractivity (Wildman–Crippen MR) is 243 cm³/mol. The SMILES string of the molecule is CC1(C)c2cccc(-n3c4ccc(-c5ccc(-c6ccc7c(c6)c6ccccc6n7-c6ccccc6)cc5)cc4c4c5ccccc5ccc43)c2C(C)(C)C1(C)C. The first-order valence-electron chi connectivity index (χ1n) is 20.4. The van der Waals surface area contributed by atoms with E-state index in [2.05, 4.69) is 221 Å². The Hall–Kier alpha value is -6.38. The summed E-state index contributed by atoms with van der Waals surface area (Å²) in [6.45, 7) is 14.7. The molecule has 0 amide bonds. The van der Waals surface area contributed by atoms with Crippen LogP contribution in [0.5, 0.6) is 0 Å². The molecule has 1 aliphatic rings. The van der Waals surface area contributed by atoms with E-state index in [9.17, 15) is 0 Å². The first kappa shape index (κ1) is 33.9. The quantitative estimate of drug-likeness (QED) is 0.170. The van der Waals surface area contributed by atoms with Crippen molar-refractivity contribution in [1.82, 2.24) is 9.13 Å². The van der Waals surface area contributed by atoms with E-state index in [1.165, 1.54) is 99.1 Å². The van der Waals surface area contributed by atoms with Crippen LogP contribution < -0.4 is 0 Å². The van der Waals surface area contributed by atoms with Crippen molar-refractivity contribution in [1.29, 1.82) is 0 Å². The molecule has 1 aliphatic carbocycles. The summed E-state index contributed by atoms with van der Waals surface area (Å²) in [5.74, 6) is 0. The molecule has 0 spiro atoms. The zero-order valence-electron chi connectivity index (χ0n) is 33.6. The molecule has 2 heterocycles. The molecular weight excluding hydrogens is 689 g/mol. The predicted octanol–water partition coefficient (Wildman–Crippen LogP) is 15.0. The van der Waals surface area contributed by atoms with Gasteiger partial charge in [0.2, 0.25) is 0 Å². The van der Waals surface area contributed by atoms with Gasteiger partial charge in [-0.1, -0.05) is 157 Å². The van der Waals surface area contributed by atoms with Gasteiger partial charge in [-0.25, -0.2) is 0 Å². The summed E-state index contributed by atoms with van der Waals surface area (Å²) >= 11 is 0. The number of hydrogen-bond donors (Lipinski definition) is 0.